The maximum atomic E-state index is 4.31. The molecular formula is C14H21N3. The molecule has 0 radical (unpaired) electrons. The largest absolute Gasteiger partial charge is 0.248 e. The van der Waals surface area contributed by atoms with Crippen LogP contribution in [0.25, 0.3) is 0 Å². The van der Waals surface area contributed by atoms with Crippen LogP contribution in [0.4, 0.5) is 0 Å². The van der Waals surface area contributed by atoms with E-state index in [1.165, 1.54) is 50.6 Å². The van der Waals surface area contributed by atoms with E-state index >= 15 is 0 Å². The van der Waals surface area contributed by atoms with Crippen molar-refractivity contribution in [1.82, 2.24) is 15.0 Å². The molecule has 1 heterocycles. The van der Waals surface area contributed by atoms with Gasteiger partial charge in [-0.3, -0.25) is 0 Å². The van der Waals surface area contributed by atoms with Gasteiger partial charge >= 0.3 is 0 Å². The highest BCUT2D eigenvalue weighted by Gasteiger charge is 2.19. The van der Waals surface area contributed by atoms with Gasteiger partial charge in [-0.05, 0) is 31.6 Å². The number of nitrogens with zero attached hydrogens (tertiary/aromatic N) is 3. The molecule has 2 fully saturated rings. The lowest BCUT2D eigenvalue weighted by molar-refractivity contribution is 0.386. The lowest BCUT2D eigenvalue weighted by Crippen LogP contribution is -2.07. The maximum absolute atomic E-state index is 4.31. The third kappa shape index (κ3) is 2.59. The zero-order valence-corrected chi connectivity index (χ0v) is 10.4. The summed E-state index contributed by atoms with van der Waals surface area (Å²) in [5.41, 5.74) is 1.21. The van der Waals surface area contributed by atoms with Gasteiger partial charge in [0, 0.05) is 12.1 Å². The third-order valence-electron chi connectivity index (χ3n) is 4.18. The van der Waals surface area contributed by atoms with Crippen LogP contribution in [0.5, 0.6) is 0 Å². The number of hydrogen-bond donors (Lipinski definition) is 0. The molecule has 92 valence electrons. The minimum absolute atomic E-state index is 0.680. The predicted molar refractivity (Wildman–Crippen MR) is 67.7 cm³/mol. The van der Waals surface area contributed by atoms with Gasteiger partial charge in [0.2, 0.25) is 0 Å². The van der Waals surface area contributed by atoms with Crippen molar-refractivity contribution < 1.29 is 0 Å². The van der Waals surface area contributed by atoms with Crippen LogP contribution < -0.4 is 0 Å². The standard InChI is InChI=1S/C14H21N3/c1-2-9-13(8-1)14-11-17(16-15-14)10-4-7-12-5-3-6-12/h4,7,11-13H,1-3,5-6,8-10H2/b7-4+. The quantitative estimate of drug-likeness (QED) is 0.744. The van der Waals surface area contributed by atoms with Crippen molar-refractivity contribution in [3.8, 4) is 0 Å². The fourth-order valence-electron chi connectivity index (χ4n) is 2.80. The first kappa shape index (κ1) is 11.0. The van der Waals surface area contributed by atoms with Crippen molar-refractivity contribution in [1.29, 1.82) is 0 Å². The van der Waals surface area contributed by atoms with Gasteiger partial charge in [0.1, 0.15) is 0 Å². The van der Waals surface area contributed by atoms with E-state index in [0.29, 0.717) is 5.92 Å². The SMILES string of the molecule is C(=C\C1CCC1)/Cn1cc(C2CCCC2)nn1. The van der Waals surface area contributed by atoms with E-state index < -0.39 is 0 Å². The van der Waals surface area contributed by atoms with Crippen LogP contribution in [-0.4, -0.2) is 15.0 Å². The Hall–Kier alpha value is -1.12. The summed E-state index contributed by atoms with van der Waals surface area (Å²) in [6, 6.07) is 0. The van der Waals surface area contributed by atoms with Crippen LogP contribution in [-0.2, 0) is 6.54 Å². The van der Waals surface area contributed by atoms with Crippen molar-refractivity contribution in [2.75, 3.05) is 0 Å². The van der Waals surface area contributed by atoms with E-state index in [9.17, 15) is 0 Å². The summed E-state index contributed by atoms with van der Waals surface area (Å²) in [7, 11) is 0. The van der Waals surface area contributed by atoms with Gasteiger partial charge in [-0.1, -0.05) is 36.6 Å². The van der Waals surface area contributed by atoms with Gasteiger partial charge in [-0.25, -0.2) is 4.68 Å². The lowest BCUT2D eigenvalue weighted by Gasteiger charge is -2.21. The number of rotatable bonds is 4. The number of hydrogen-bond acceptors (Lipinski definition) is 2. The summed E-state index contributed by atoms with van der Waals surface area (Å²) < 4.78 is 1.98. The van der Waals surface area contributed by atoms with Crippen molar-refractivity contribution in [2.45, 2.75) is 57.4 Å². The molecule has 2 saturated carbocycles. The fraction of sp³-hybridized carbons (Fsp3) is 0.714. The molecule has 0 aliphatic heterocycles. The summed E-state index contributed by atoms with van der Waals surface area (Å²) >= 11 is 0. The number of aromatic nitrogens is 3. The van der Waals surface area contributed by atoms with Crippen molar-refractivity contribution in [2.24, 2.45) is 5.92 Å². The molecule has 0 N–H and O–H groups in total. The molecule has 0 bridgehead atoms. The summed E-state index contributed by atoms with van der Waals surface area (Å²) in [6.45, 7) is 0.885. The Morgan fingerprint density at radius 1 is 1.18 bits per heavy atom. The molecule has 0 amide bonds. The highest BCUT2D eigenvalue weighted by Crippen LogP contribution is 2.32. The fourth-order valence-corrected chi connectivity index (χ4v) is 2.80. The van der Waals surface area contributed by atoms with Crippen LogP contribution in [0.2, 0.25) is 0 Å². The molecule has 1 aromatic heterocycles. The van der Waals surface area contributed by atoms with Crippen LogP contribution in [0.15, 0.2) is 18.3 Å². The van der Waals surface area contributed by atoms with E-state index in [-0.39, 0.29) is 0 Å². The summed E-state index contributed by atoms with van der Waals surface area (Å²) in [4.78, 5) is 0. The van der Waals surface area contributed by atoms with E-state index in [4.69, 9.17) is 0 Å². The van der Waals surface area contributed by atoms with Crippen LogP contribution in [0, 0.1) is 5.92 Å². The average Bonchev–Trinajstić information content (AvgIpc) is 2.91. The van der Waals surface area contributed by atoms with E-state index in [1.807, 2.05) is 4.68 Å². The highest BCUT2D eigenvalue weighted by molar-refractivity contribution is 5.04. The molecule has 3 heteroatoms. The minimum atomic E-state index is 0.680. The lowest BCUT2D eigenvalue weighted by atomic mass is 9.85. The normalized spacial score (nSPS) is 22.4. The molecule has 17 heavy (non-hydrogen) atoms. The summed E-state index contributed by atoms with van der Waals surface area (Å²) in [5.74, 6) is 1.52. The van der Waals surface area contributed by atoms with E-state index in [0.717, 1.165) is 12.5 Å². The first-order valence-corrected chi connectivity index (χ1v) is 6.98. The Labute approximate surface area is 103 Å². The first-order valence-electron chi connectivity index (χ1n) is 6.98. The number of allylic oxidation sites excluding steroid dienone is 2. The molecule has 2 aliphatic rings. The molecule has 0 unspecified atom stereocenters. The second-order valence-corrected chi connectivity index (χ2v) is 5.47. The Balaban J connectivity index is 1.54. The molecule has 0 spiro atoms. The van der Waals surface area contributed by atoms with Crippen LogP contribution in [0.1, 0.15) is 56.6 Å². The first-order chi connectivity index (χ1) is 8.42. The molecule has 0 aromatic carbocycles. The second kappa shape index (κ2) is 5.03. The van der Waals surface area contributed by atoms with Gasteiger partial charge in [-0.15, -0.1) is 5.10 Å². The molecule has 2 aliphatic carbocycles. The Bertz CT molecular complexity index is 384. The van der Waals surface area contributed by atoms with E-state index in [1.54, 1.807) is 0 Å². The van der Waals surface area contributed by atoms with Crippen LogP contribution >= 0.6 is 0 Å². The minimum Gasteiger partial charge on any atom is -0.248 e. The zero-order valence-electron chi connectivity index (χ0n) is 10.4. The van der Waals surface area contributed by atoms with Gasteiger partial charge in [0.05, 0.1) is 12.2 Å². The average molecular weight is 231 g/mol. The second-order valence-electron chi connectivity index (χ2n) is 5.47. The van der Waals surface area contributed by atoms with Crippen molar-refractivity contribution in [3.63, 3.8) is 0 Å². The Morgan fingerprint density at radius 2 is 2.00 bits per heavy atom. The topological polar surface area (TPSA) is 30.7 Å². The van der Waals surface area contributed by atoms with Gasteiger partial charge < -0.3 is 0 Å². The van der Waals surface area contributed by atoms with Gasteiger partial charge in [0.15, 0.2) is 0 Å². The molecule has 3 nitrogen and oxygen atoms in total. The highest BCUT2D eigenvalue weighted by atomic mass is 15.4. The van der Waals surface area contributed by atoms with Crippen molar-refractivity contribution in [3.05, 3.63) is 24.0 Å². The Kier molecular flexibility index (Phi) is 3.25. The molecule has 3 rings (SSSR count). The molecular weight excluding hydrogens is 210 g/mol. The van der Waals surface area contributed by atoms with Gasteiger partial charge in [0.25, 0.3) is 0 Å². The van der Waals surface area contributed by atoms with Crippen LogP contribution in [0.3, 0.4) is 0 Å². The summed E-state index contributed by atoms with van der Waals surface area (Å²) in [6.07, 6.45) is 16.2. The molecule has 0 atom stereocenters. The van der Waals surface area contributed by atoms with Crippen molar-refractivity contribution >= 4 is 0 Å². The zero-order chi connectivity index (χ0) is 11.5. The predicted octanol–water partition coefficient (Wildman–Crippen LogP) is 3.29. The summed E-state index contributed by atoms with van der Waals surface area (Å²) in [5, 5.41) is 8.53. The molecule has 1 aromatic rings. The van der Waals surface area contributed by atoms with E-state index in [2.05, 4.69) is 28.7 Å². The van der Waals surface area contributed by atoms with Gasteiger partial charge in [-0.2, -0.15) is 0 Å². The third-order valence-corrected chi connectivity index (χ3v) is 4.18. The Morgan fingerprint density at radius 3 is 2.71 bits per heavy atom. The smallest absolute Gasteiger partial charge is 0.0858 e. The monoisotopic (exact) mass is 231 g/mol. The molecule has 0 saturated heterocycles. The maximum Gasteiger partial charge on any atom is 0.0858 e.